The van der Waals surface area contributed by atoms with Crippen molar-refractivity contribution in [1.29, 1.82) is 0 Å². The normalized spacial score (nSPS) is 11.0. The second kappa shape index (κ2) is 8.40. The fraction of sp³-hybridized carbons (Fsp3) is 0.238. The number of carbonyl (C=O) groups excluding carboxylic acids is 1. The maximum atomic E-state index is 13.0. The van der Waals surface area contributed by atoms with Gasteiger partial charge in [0.1, 0.15) is 22.7 Å². The molecule has 0 bridgehead atoms. The first-order chi connectivity index (χ1) is 14.1. The fourth-order valence-corrected chi connectivity index (χ4v) is 4.29. The molecule has 0 unspecified atom stereocenters. The number of anilines is 1. The van der Waals surface area contributed by atoms with Crippen molar-refractivity contribution in [2.24, 2.45) is 0 Å². The summed E-state index contributed by atoms with van der Waals surface area (Å²) in [6, 6.07) is 9.55. The predicted molar refractivity (Wildman–Crippen MR) is 113 cm³/mol. The summed E-state index contributed by atoms with van der Waals surface area (Å²) >= 11 is 1.39. The van der Waals surface area contributed by atoms with Gasteiger partial charge in [0.25, 0.3) is 5.91 Å². The lowest BCUT2D eigenvalue weighted by Crippen LogP contribution is -2.25. The van der Waals surface area contributed by atoms with E-state index >= 15 is 0 Å². The van der Waals surface area contributed by atoms with Gasteiger partial charge in [-0.05, 0) is 36.8 Å². The Kier molecular flexibility index (Phi) is 5.53. The maximum Gasteiger partial charge on any atom is 0.264 e. The summed E-state index contributed by atoms with van der Waals surface area (Å²) in [4.78, 5) is 29.2. The molecule has 0 aliphatic carbocycles. The van der Waals surface area contributed by atoms with Crippen molar-refractivity contribution < 1.29 is 9.21 Å². The molecule has 0 aliphatic heterocycles. The number of carbonyl (C=O) groups is 1. The van der Waals surface area contributed by atoms with Crippen LogP contribution in [0.15, 0.2) is 53.5 Å². The Morgan fingerprint density at radius 3 is 2.86 bits per heavy atom. The van der Waals surface area contributed by atoms with Crippen LogP contribution in [-0.2, 0) is 13.0 Å². The van der Waals surface area contributed by atoms with Crippen LogP contribution in [0.1, 0.15) is 26.7 Å². The van der Waals surface area contributed by atoms with Gasteiger partial charge in [0.15, 0.2) is 0 Å². The highest BCUT2D eigenvalue weighted by Gasteiger charge is 2.22. The number of pyridine rings is 1. The minimum atomic E-state index is -0.0543. The van der Waals surface area contributed by atoms with E-state index in [2.05, 4.69) is 20.3 Å². The van der Waals surface area contributed by atoms with E-state index in [9.17, 15) is 4.79 Å². The molecule has 1 N–H and O–H groups in total. The average Bonchev–Trinajstić information content (AvgIpc) is 3.36. The van der Waals surface area contributed by atoms with Gasteiger partial charge in [-0.15, -0.1) is 11.3 Å². The Bertz CT molecular complexity index is 1110. The van der Waals surface area contributed by atoms with Gasteiger partial charge >= 0.3 is 0 Å². The van der Waals surface area contributed by atoms with Crippen molar-refractivity contribution in [2.45, 2.75) is 19.9 Å². The summed E-state index contributed by atoms with van der Waals surface area (Å²) < 4.78 is 5.35. The van der Waals surface area contributed by atoms with E-state index in [1.54, 1.807) is 24.4 Å². The molecule has 0 radical (unpaired) electrons. The molecule has 8 heteroatoms. The van der Waals surface area contributed by atoms with Crippen molar-refractivity contribution in [2.75, 3.05) is 18.9 Å². The third kappa shape index (κ3) is 4.12. The first kappa shape index (κ1) is 19.1. The SMILES string of the molecule is Cc1c(C(=O)N(C)Cc2ccco2)sc2ncnc(NCCc3ccccn3)c12. The maximum absolute atomic E-state index is 13.0. The van der Waals surface area contributed by atoms with Crippen molar-refractivity contribution in [3.05, 3.63) is 71.0 Å². The Balaban J connectivity index is 1.53. The lowest BCUT2D eigenvalue weighted by Gasteiger charge is -2.15. The number of fused-ring (bicyclic) bond motifs is 1. The number of furan rings is 1. The summed E-state index contributed by atoms with van der Waals surface area (Å²) in [5.74, 6) is 1.44. The Morgan fingerprint density at radius 2 is 2.10 bits per heavy atom. The second-order valence-electron chi connectivity index (χ2n) is 6.70. The lowest BCUT2D eigenvalue weighted by molar-refractivity contribution is 0.0779. The van der Waals surface area contributed by atoms with Crippen LogP contribution in [0.4, 0.5) is 5.82 Å². The van der Waals surface area contributed by atoms with Gasteiger partial charge in [-0.2, -0.15) is 0 Å². The number of hydrogen-bond donors (Lipinski definition) is 1. The van der Waals surface area contributed by atoms with Crippen LogP contribution in [-0.4, -0.2) is 39.4 Å². The van der Waals surface area contributed by atoms with E-state index in [1.807, 2.05) is 37.3 Å². The van der Waals surface area contributed by atoms with E-state index in [-0.39, 0.29) is 5.91 Å². The molecule has 0 spiro atoms. The third-order valence-electron chi connectivity index (χ3n) is 4.64. The molecule has 4 rings (SSSR count). The standard InChI is InChI=1S/C21H21N5O2S/c1-14-17-19(23-10-8-15-6-3-4-9-22-15)24-13-25-20(17)29-18(14)21(27)26(2)12-16-7-5-11-28-16/h3-7,9,11,13H,8,10,12H2,1-2H3,(H,23,24,25). The quantitative estimate of drug-likeness (QED) is 0.500. The second-order valence-corrected chi connectivity index (χ2v) is 7.70. The van der Waals surface area contributed by atoms with Crippen molar-refractivity contribution in [3.8, 4) is 0 Å². The number of rotatable bonds is 7. The minimum Gasteiger partial charge on any atom is -0.467 e. The van der Waals surface area contributed by atoms with E-state index in [0.29, 0.717) is 18.0 Å². The van der Waals surface area contributed by atoms with Crippen molar-refractivity contribution in [1.82, 2.24) is 19.9 Å². The number of aromatic nitrogens is 3. The van der Waals surface area contributed by atoms with Gasteiger partial charge < -0.3 is 14.6 Å². The van der Waals surface area contributed by atoms with E-state index in [1.165, 1.54) is 17.7 Å². The summed E-state index contributed by atoms with van der Waals surface area (Å²) in [7, 11) is 1.77. The van der Waals surface area contributed by atoms with Gasteiger partial charge in [-0.3, -0.25) is 9.78 Å². The van der Waals surface area contributed by atoms with Crippen LogP contribution in [0.2, 0.25) is 0 Å². The molecule has 4 heterocycles. The zero-order chi connectivity index (χ0) is 20.2. The third-order valence-corrected chi connectivity index (χ3v) is 5.83. The first-order valence-corrected chi connectivity index (χ1v) is 10.1. The highest BCUT2D eigenvalue weighted by molar-refractivity contribution is 7.20. The zero-order valence-corrected chi connectivity index (χ0v) is 17.1. The number of aryl methyl sites for hydroxylation is 1. The molecule has 4 aromatic rings. The fourth-order valence-electron chi connectivity index (χ4n) is 3.15. The molecular formula is C21H21N5O2S. The average molecular weight is 407 g/mol. The molecule has 0 atom stereocenters. The molecule has 4 aromatic heterocycles. The van der Waals surface area contributed by atoms with Crippen LogP contribution < -0.4 is 5.32 Å². The molecule has 0 aromatic carbocycles. The Morgan fingerprint density at radius 1 is 1.21 bits per heavy atom. The van der Waals surface area contributed by atoms with Crippen LogP contribution in [0, 0.1) is 6.92 Å². The Labute approximate surface area is 172 Å². The molecule has 0 fully saturated rings. The highest BCUT2D eigenvalue weighted by Crippen LogP contribution is 2.34. The topological polar surface area (TPSA) is 84.2 Å². The number of amides is 1. The summed E-state index contributed by atoms with van der Waals surface area (Å²) in [5.41, 5.74) is 1.91. The molecule has 1 amide bonds. The molecule has 0 aliphatic rings. The predicted octanol–water partition coefficient (Wildman–Crippen LogP) is 3.91. The number of thiophene rings is 1. The number of hydrogen-bond acceptors (Lipinski definition) is 7. The first-order valence-electron chi connectivity index (χ1n) is 9.29. The number of nitrogens with one attached hydrogen (secondary N) is 1. The highest BCUT2D eigenvalue weighted by atomic mass is 32.1. The molecule has 148 valence electrons. The summed E-state index contributed by atoms with van der Waals surface area (Å²) in [6.07, 6.45) is 5.71. The van der Waals surface area contributed by atoms with Crippen LogP contribution in [0.25, 0.3) is 10.2 Å². The van der Waals surface area contributed by atoms with Crippen molar-refractivity contribution >= 4 is 33.3 Å². The van der Waals surface area contributed by atoms with E-state index in [0.717, 1.165) is 39.5 Å². The molecule has 29 heavy (non-hydrogen) atoms. The Hall–Kier alpha value is -3.26. The van der Waals surface area contributed by atoms with E-state index in [4.69, 9.17) is 4.42 Å². The monoisotopic (exact) mass is 407 g/mol. The van der Waals surface area contributed by atoms with Gasteiger partial charge in [0.2, 0.25) is 0 Å². The van der Waals surface area contributed by atoms with Gasteiger partial charge in [0, 0.05) is 31.9 Å². The smallest absolute Gasteiger partial charge is 0.264 e. The van der Waals surface area contributed by atoms with E-state index < -0.39 is 0 Å². The van der Waals surface area contributed by atoms with Gasteiger partial charge in [-0.1, -0.05) is 6.07 Å². The van der Waals surface area contributed by atoms with Crippen molar-refractivity contribution in [3.63, 3.8) is 0 Å². The van der Waals surface area contributed by atoms with Crippen LogP contribution >= 0.6 is 11.3 Å². The minimum absolute atomic E-state index is 0.0543. The molecule has 7 nitrogen and oxygen atoms in total. The number of nitrogens with zero attached hydrogens (tertiary/aromatic N) is 4. The largest absolute Gasteiger partial charge is 0.467 e. The summed E-state index contributed by atoms with van der Waals surface area (Å²) in [6.45, 7) is 3.06. The lowest BCUT2D eigenvalue weighted by atomic mass is 10.2. The van der Waals surface area contributed by atoms with Crippen LogP contribution in [0.5, 0.6) is 0 Å². The summed E-state index contributed by atoms with van der Waals surface area (Å²) in [5, 5.41) is 4.27. The van der Waals surface area contributed by atoms with Gasteiger partial charge in [0.05, 0.1) is 23.1 Å². The van der Waals surface area contributed by atoms with Gasteiger partial charge in [-0.25, -0.2) is 9.97 Å². The van der Waals surface area contributed by atoms with Crippen LogP contribution in [0.3, 0.4) is 0 Å². The zero-order valence-electron chi connectivity index (χ0n) is 16.3. The molecule has 0 saturated heterocycles. The molecule has 0 saturated carbocycles. The molecular weight excluding hydrogens is 386 g/mol.